The molecule has 1 aliphatic carbocycles. The molecule has 1 heterocycles. The summed E-state index contributed by atoms with van der Waals surface area (Å²) in [6.45, 7) is 0. The highest BCUT2D eigenvalue weighted by atomic mass is 16.2. The molecule has 2 unspecified atom stereocenters. The summed E-state index contributed by atoms with van der Waals surface area (Å²) in [5.74, 6) is 0.133. The van der Waals surface area contributed by atoms with Gasteiger partial charge < -0.3 is 16.4 Å². The lowest BCUT2D eigenvalue weighted by molar-refractivity contribution is -0.120. The molecule has 0 bridgehead atoms. The highest BCUT2D eigenvalue weighted by molar-refractivity contribution is 6.08. The predicted octanol–water partition coefficient (Wildman–Crippen LogP) is 3.27. The van der Waals surface area contributed by atoms with Crippen LogP contribution in [0.15, 0.2) is 48.5 Å². The molecule has 4 rings (SSSR count). The molecule has 1 aromatic heterocycles. The Hall–Kier alpha value is -3.19. The first-order valence-electron chi connectivity index (χ1n) is 9.51. The van der Waals surface area contributed by atoms with Gasteiger partial charge in [0.05, 0.1) is 5.52 Å². The first kappa shape index (κ1) is 18.2. The molecular formula is C21H23N5O2. The minimum atomic E-state index is -0.236. The van der Waals surface area contributed by atoms with E-state index in [1.54, 1.807) is 12.1 Å². The normalized spacial score (nSPS) is 19.3. The molecule has 2 aromatic carbocycles. The number of H-pyrrole nitrogens is 1. The Morgan fingerprint density at radius 2 is 1.89 bits per heavy atom. The van der Waals surface area contributed by atoms with Gasteiger partial charge in [-0.1, -0.05) is 24.6 Å². The van der Waals surface area contributed by atoms with Crippen molar-refractivity contribution in [3.63, 3.8) is 0 Å². The van der Waals surface area contributed by atoms with Gasteiger partial charge in [-0.15, -0.1) is 0 Å². The fourth-order valence-electron chi connectivity index (χ4n) is 3.67. The highest BCUT2D eigenvalue weighted by Crippen LogP contribution is 2.27. The number of hydrogen-bond donors (Lipinski definition) is 4. The Labute approximate surface area is 162 Å². The second kappa shape index (κ2) is 7.82. The molecule has 28 heavy (non-hydrogen) atoms. The fourth-order valence-corrected chi connectivity index (χ4v) is 3.67. The molecule has 3 aromatic rings. The molecule has 7 nitrogen and oxygen atoms in total. The van der Waals surface area contributed by atoms with Crippen molar-refractivity contribution in [2.75, 3.05) is 10.6 Å². The van der Waals surface area contributed by atoms with E-state index in [0.29, 0.717) is 17.1 Å². The fraction of sp³-hybridized carbons (Fsp3) is 0.286. The Morgan fingerprint density at radius 1 is 1.07 bits per heavy atom. The van der Waals surface area contributed by atoms with Gasteiger partial charge in [0.2, 0.25) is 5.91 Å². The lowest BCUT2D eigenvalue weighted by Gasteiger charge is -2.25. The number of aromatic amines is 1. The summed E-state index contributed by atoms with van der Waals surface area (Å²) in [4.78, 5) is 25.0. The SMILES string of the molecule is NC1CCCC(C(=O)Nc2ccc3[nH]nc(NC(=O)c4ccccc4)c3c2)C1. The summed E-state index contributed by atoms with van der Waals surface area (Å²) >= 11 is 0. The molecule has 0 radical (unpaired) electrons. The lowest BCUT2D eigenvalue weighted by atomic mass is 9.85. The van der Waals surface area contributed by atoms with Crippen LogP contribution in [0.2, 0.25) is 0 Å². The van der Waals surface area contributed by atoms with Crippen molar-refractivity contribution in [2.24, 2.45) is 11.7 Å². The van der Waals surface area contributed by atoms with Crippen LogP contribution in [0, 0.1) is 5.92 Å². The van der Waals surface area contributed by atoms with Gasteiger partial charge in [0.25, 0.3) is 5.91 Å². The standard InChI is InChI=1S/C21H23N5O2/c22-15-8-4-7-14(11-15)21(28)23-16-9-10-18-17(12-16)19(26-25-18)24-20(27)13-5-2-1-3-6-13/h1-3,5-6,9-10,12,14-15H,4,7-8,11,22H2,(H,23,28)(H2,24,25,26,27). The van der Waals surface area contributed by atoms with Gasteiger partial charge in [0.1, 0.15) is 0 Å². The molecule has 0 spiro atoms. The van der Waals surface area contributed by atoms with Crippen LogP contribution in [-0.4, -0.2) is 28.1 Å². The summed E-state index contributed by atoms with van der Waals surface area (Å²) in [5.41, 5.74) is 8.00. The van der Waals surface area contributed by atoms with Crippen molar-refractivity contribution in [3.8, 4) is 0 Å². The van der Waals surface area contributed by atoms with Crippen molar-refractivity contribution in [2.45, 2.75) is 31.7 Å². The second-order valence-corrected chi connectivity index (χ2v) is 7.27. The number of nitrogens with two attached hydrogens (primary N) is 1. The largest absolute Gasteiger partial charge is 0.328 e. The van der Waals surface area contributed by atoms with E-state index in [9.17, 15) is 9.59 Å². The number of aromatic nitrogens is 2. The van der Waals surface area contributed by atoms with E-state index in [1.165, 1.54) is 0 Å². The number of carbonyl (C=O) groups excluding carboxylic acids is 2. The molecule has 0 aliphatic heterocycles. The molecule has 5 N–H and O–H groups in total. The number of benzene rings is 2. The van der Waals surface area contributed by atoms with Crippen LogP contribution in [0.25, 0.3) is 10.9 Å². The van der Waals surface area contributed by atoms with Gasteiger partial charge in [0, 0.05) is 28.6 Å². The minimum absolute atomic E-state index is 0.00661. The van der Waals surface area contributed by atoms with Gasteiger partial charge in [0.15, 0.2) is 5.82 Å². The van der Waals surface area contributed by atoms with Gasteiger partial charge in [-0.3, -0.25) is 14.7 Å². The topological polar surface area (TPSA) is 113 Å². The van der Waals surface area contributed by atoms with Gasteiger partial charge in [-0.2, -0.15) is 5.10 Å². The molecule has 2 amide bonds. The van der Waals surface area contributed by atoms with Gasteiger partial charge >= 0.3 is 0 Å². The lowest BCUT2D eigenvalue weighted by Crippen LogP contribution is -2.34. The smallest absolute Gasteiger partial charge is 0.256 e. The summed E-state index contributed by atoms with van der Waals surface area (Å²) in [5, 5.41) is 13.6. The predicted molar refractivity (Wildman–Crippen MR) is 109 cm³/mol. The van der Waals surface area contributed by atoms with Crippen LogP contribution in [0.3, 0.4) is 0 Å². The van der Waals surface area contributed by atoms with Crippen molar-refractivity contribution in [3.05, 3.63) is 54.1 Å². The zero-order valence-electron chi connectivity index (χ0n) is 15.4. The molecule has 144 valence electrons. The maximum Gasteiger partial charge on any atom is 0.256 e. The number of rotatable bonds is 4. The van der Waals surface area contributed by atoms with Crippen LogP contribution >= 0.6 is 0 Å². The summed E-state index contributed by atoms with van der Waals surface area (Å²) in [6.07, 6.45) is 3.55. The van der Waals surface area contributed by atoms with E-state index in [-0.39, 0.29) is 23.8 Å². The Morgan fingerprint density at radius 3 is 2.68 bits per heavy atom. The van der Waals surface area contributed by atoms with E-state index < -0.39 is 0 Å². The summed E-state index contributed by atoms with van der Waals surface area (Å²) < 4.78 is 0. The van der Waals surface area contributed by atoms with E-state index in [2.05, 4.69) is 20.8 Å². The van der Waals surface area contributed by atoms with Crippen LogP contribution in [-0.2, 0) is 4.79 Å². The van der Waals surface area contributed by atoms with Gasteiger partial charge in [-0.25, -0.2) is 0 Å². The number of anilines is 2. The van der Waals surface area contributed by atoms with Crippen molar-refractivity contribution in [1.82, 2.24) is 10.2 Å². The minimum Gasteiger partial charge on any atom is -0.328 e. The average molecular weight is 377 g/mol. The Kier molecular flexibility index (Phi) is 5.08. The van der Waals surface area contributed by atoms with Crippen LogP contribution in [0.4, 0.5) is 11.5 Å². The number of hydrogen-bond acceptors (Lipinski definition) is 4. The molecular weight excluding hydrogens is 354 g/mol. The third kappa shape index (κ3) is 3.89. The zero-order valence-corrected chi connectivity index (χ0v) is 15.4. The van der Waals surface area contributed by atoms with Crippen molar-refractivity contribution < 1.29 is 9.59 Å². The van der Waals surface area contributed by atoms with E-state index >= 15 is 0 Å². The van der Waals surface area contributed by atoms with E-state index in [0.717, 1.165) is 36.6 Å². The first-order valence-corrected chi connectivity index (χ1v) is 9.51. The zero-order chi connectivity index (χ0) is 19.5. The van der Waals surface area contributed by atoms with Crippen LogP contribution in [0.5, 0.6) is 0 Å². The van der Waals surface area contributed by atoms with Crippen LogP contribution < -0.4 is 16.4 Å². The Bertz CT molecular complexity index is 998. The van der Waals surface area contributed by atoms with Crippen LogP contribution in [0.1, 0.15) is 36.0 Å². The number of fused-ring (bicyclic) bond motifs is 1. The number of nitrogens with zero attached hydrogens (tertiary/aromatic N) is 1. The van der Waals surface area contributed by atoms with Crippen molar-refractivity contribution in [1.29, 1.82) is 0 Å². The average Bonchev–Trinajstić information content (AvgIpc) is 3.10. The maximum atomic E-state index is 12.6. The second-order valence-electron chi connectivity index (χ2n) is 7.27. The number of carbonyl (C=O) groups is 2. The molecule has 1 fully saturated rings. The summed E-state index contributed by atoms with van der Waals surface area (Å²) in [7, 11) is 0. The summed E-state index contributed by atoms with van der Waals surface area (Å²) in [6, 6.07) is 14.5. The maximum absolute atomic E-state index is 12.6. The third-order valence-corrected chi connectivity index (χ3v) is 5.18. The highest BCUT2D eigenvalue weighted by Gasteiger charge is 2.25. The monoisotopic (exact) mass is 377 g/mol. The molecule has 1 saturated carbocycles. The molecule has 1 aliphatic rings. The van der Waals surface area contributed by atoms with E-state index in [1.807, 2.05) is 36.4 Å². The first-order chi connectivity index (χ1) is 13.6. The molecule has 7 heteroatoms. The quantitative estimate of drug-likeness (QED) is 0.559. The van der Waals surface area contributed by atoms with Gasteiger partial charge in [-0.05, 0) is 49.6 Å². The molecule has 2 atom stereocenters. The van der Waals surface area contributed by atoms with Crippen molar-refractivity contribution >= 4 is 34.2 Å². The molecule has 0 saturated heterocycles. The number of amides is 2. The van der Waals surface area contributed by atoms with E-state index in [4.69, 9.17) is 5.73 Å². The number of nitrogens with one attached hydrogen (secondary N) is 3. The third-order valence-electron chi connectivity index (χ3n) is 5.18. The Balaban J connectivity index is 1.51.